The van der Waals surface area contributed by atoms with E-state index < -0.39 is 5.34 Å². The third kappa shape index (κ3) is 2.98. The highest BCUT2D eigenvalue weighted by molar-refractivity contribution is 5.20. The highest BCUT2D eigenvalue weighted by Crippen LogP contribution is 2.02. The first kappa shape index (κ1) is 9.15. The minimum Gasteiger partial charge on any atom is -0.580 e. The van der Waals surface area contributed by atoms with Gasteiger partial charge < -0.3 is 5.21 Å². The van der Waals surface area contributed by atoms with Gasteiger partial charge in [0.2, 0.25) is 0 Å². The molecule has 0 spiro atoms. The molecule has 0 saturated carbocycles. The van der Waals surface area contributed by atoms with E-state index in [-0.39, 0.29) is 6.61 Å². The van der Waals surface area contributed by atoms with Gasteiger partial charge in [-0.25, -0.2) is 0 Å². The average molecular weight is 168 g/mol. The van der Waals surface area contributed by atoms with Crippen LogP contribution in [0.3, 0.4) is 0 Å². The number of nitrogens with one attached hydrogen (secondary N) is 1. The van der Waals surface area contributed by atoms with Crippen LogP contribution in [0.25, 0.3) is 0 Å². The lowest BCUT2D eigenvalue weighted by Crippen LogP contribution is -3.12. The minimum atomic E-state index is -0.740. The topological polar surface area (TPSA) is 62.8 Å². The van der Waals surface area contributed by atoms with Gasteiger partial charge in [-0.1, -0.05) is 29.8 Å². The lowest BCUT2D eigenvalue weighted by atomic mass is 10.2. The molecule has 0 radical (unpaired) electrons. The van der Waals surface area contributed by atoms with E-state index >= 15 is 0 Å². The van der Waals surface area contributed by atoms with E-state index in [2.05, 4.69) is 4.84 Å². The minimum absolute atomic E-state index is 0.246. The Morgan fingerprint density at radius 3 is 2.50 bits per heavy atom. The molecule has 66 valence electrons. The third-order valence-corrected chi connectivity index (χ3v) is 1.50. The van der Waals surface area contributed by atoms with E-state index in [0.29, 0.717) is 0 Å². The molecule has 1 rings (SSSR count). The van der Waals surface area contributed by atoms with Crippen LogP contribution in [-0.2, 0) is 11.4 Å². The van der Waals surface area contributed by atoms with E-state index in [4.69, 9.17) is 5.84 Å². The van der Waals surface area contributed by atoms with Crippen molar-refractivity contribution in [3.63, 3.8) is 0 Å². The summed E-state index contributed by atoms with van der Waals surface area (Å²) in [6.07, 6.45) is 0. The molecule has 1 unspecified atom stereocenters. The van der Waals surface area contributed by atoms with Crippen molar-refractivity contribution in [1.29, 1.82) is 0 Å². The molecule has 0 aliphatic rings. The monoisotopic (exact) mass is 168 g/mol. The summed E-state index contributed by atoms with van der Waals surface area (Å²) < 4.78 is 0. The molecule has 0 amide bonds. The quantitative estimate of drug-likeness (QED) is 0.480. The smallest absolute Gasteiger partial charge is 0.134 e. The van der Waals surface area contributed by atoms with Gasteiger partial charge in [-0.3, -0.25) is 0 Å². The molecular weight excluding hydrogens is 156 g/mol. The maximum Gasteiger partial charge on any atom is 0.134 e. The van der Waals surface area contributed by atoms with Crippen LogP contribution in [0.1, 0.15) is 11.1 Å². The number of hydrogen-bond donors (Lipinski definition) is 2. The first-order valence-electron chi connectivity index (χ1n) is 3.66. The summed E-state index contributed by atoms with van der Waals surface area (Å²) in [6, 6.07) is 7.72. The number of nitrogens with two attached hydrogens (primary N) is 1. The van der Waals surface area contributed by atoms with Crippen LogP contribution in [0.15, 0.2) is 24.3 Å². The van der Waals surface area contributed by atoms with Crippen LogP contribution in [-0.4, -0.2) is 0 Å². The molecule has 0 aliphatic carbocycles. The molecule has 12 heavy (non-hydrogen) atoms. The lowest BCUT2D eigenvalue weighted by Gasteiger charge is -2.12. The molecule has 4 nitrogen and oxygen atoms in total. The van der Waals surface area contributed by atoms with Crippen LogP contribution >= 0.6 is 0 Å². The van der Waals surface area contributed by atoms with Crippen molar-refractivity contribution in [2.75, 3.05) is 0 Å². The molecule has 0 saturated heterocycles. The summed E-state index contributed by atoms with van der Waals surface area (Å²) in [6.45, 7) is 2.24. The van der Waals surface area contributed by atoms with E-state index in [1.54, 1.807) is 0 Å². The molecule has 0 heterocycles. The SMILES string of the molecule is Cc1ccc(CO[NH+](N)[O-])cc1. The fourth-order valence-electron chi connectivity index (χ4n) is 0.839. The highest BCUT2D eigenvalue weighted by Gasteiger charge is 1.94. The molecule has 1 aromatic carbocycles. The zero-order valence-corrected chi connectivity index (χ0v) is 6.91. The van der Waals surface area contributed by atoms with E-state index in [9.17, 15) is 5.21 Å². The molecule has 1 atom stereocenters. The molecule has 0 bridgehead atoms. The van der Waals surface area contributed by atoms with Crippen molar-refractivity contribution >= 4 is 0 Å². The van der Waals surface area contributed by atoms with Gasteiger partial charge >= 0.3 is 0 Å². The lowest BCUT2D eigenvalue weighted by molar-refractivity contribution is -1.07. The van der Waals surface area contributed by atoms with Crippen LogP contribution in [0.2, 0.25) is 0 Å². The first-order valence-corrected chi connectivity index (χ1v) is 3.66. The molecule has 0 aromatic heterocycles. The Morgan fingerprint density at radius 1 is 1.42 bits per heavy atom. The number of rotatable bonds is 3. The van der Waals surface area contributed by atoms with Gasteiger partial charge in [0.25, 0.3) is 0 Å². The number of hydrogen-bond acceptors (Lipinski definition) is 3. The summed E-state index contributed by atoms with van der Waals surface area (Å²) in [5.74, 6) is 4.81. The number of benzene rings is 1. The van der Waals surface area contributed by atoms with Gasteiger partial charge in [-0.15, -0.1) is 11.2 Å². The average Bonchev–Trinajstić information content (AvgIpc) is 2.03. The Morgan fingerprint density at radius 2 is 2.00 bits per heavy atom. The van der Waals surface area contributed by atoms with Crippen molar-refractivity contribution < 1.29 is 10.2 Å². The van der Waals surface area contributed by atoms with Gasteiger partial charge in [0.05, 0.1) is 0 Å². The molecule has 4 heteroatoms. The Labute approximate surface area is 71.0 Å². The Hall–Kier alpha value is -0.940. The fraction of sp³-hybridized carbons (Fsp3) is 0.250. The zero-order chi connectivity index (χ0) is 8.97. The van der Waals surface area contributed by atoms with E-state index in [0.717, 1.165) is 5.56 Å². The highest BCUT2D eigenvalue weighted by atomic mass is 16.9. The van der Waals surface area contributed by atoms with Crippen molar-refractivity contribution in [3.05, 3.63) is 40.6 Å². The van der Waals surface area contributed by atoms with Gasteiger partial charge in [-0.2, -0.15) is 4.84 Å². The predicted octanol–water partition coefficient (Wildman–Crippen LogP) is -0.317. The van der Waals surface area contributed by atoms with Crippen molar-refractivity contribution in [2.45, 2.75) is 13.5 Å². The zero-order valence-electron chi connectivity index (χ0n) is 6.91. The van der Waals surface area contributed by atoms with Crippen molar-refractivity contribution in [2.24, 2.45) is 5.84 Å². The summed E-state index contributed by atoms with van der Waals surface area (Å²) in [7, 11) is 0. The number of quaternary nitrogens is 1. The summed E-state index contributed by atoms with van der Waals surface area (Å²) in [4.78, 5) is 4.61. The molecule has 0 fully saturated rings. The van der Waals surface area contributed by atoms with E-state index in [1.165, 1.54) is 5.56 Å². The van der Waals surface area contributed by atoms with Gasteiger partial charge in [0, 0.05) is 0 Å². The fourth-order valence-corrected chi connectivity index (χ4v) is 0.839. The second-order valence-electron chi connectivity index (χ2n) is 2.59. The van der Waals surface area contributed by atoms with Crippen LogP contribution in [0, 0.1) is 12.1 Å². The van der Waals surface area contributed by atoms with Crippen molar-refractivity contribution in [3.8, 4) is 0 Å². The van der Waals surface area contributed by atoms with Crippen LogP contribution < -0.4 is 11.2 Å². The Balaban J connectivity index is 2.48. The Kier molecular flexibility index (Phi) is 3.19. The maximum atomic E-state index is 10.2. The predicted molar refractivity (Wildman–Crippen MR) is 44.5 cm³/mol. The first-order chi connectivity index (χ1) is 5.68. The van der Waals surface area contributed by atoms with Gasteiger partial charge in [-0.05, 0) is 12.5 Å². The number of aryl methyl sites for hydroxylation is 1. The van der Waals surface area contributed by atoms with Gasteiger partial charge in [0.15, 0.2) is 0 Å². The maximum absolute atomic E-state index is 10.2. The Bertz CT molecular complexity index is 233. The van der Waals surface area contributed by atoms with Crippen LogP contribution in [0.4, 0.5) is 0 Å². The molecule has 3 N–H and O–H groups in total. The second-order valence-corrected chi connectivity index (χ2v) is 2.59. The van der Waals surface area contributed by atoms with E-state index in [1.807, 2.05) is 31.2 Å². The standard InChI is InChI=1S/C8H12N2O2/c1-7-2-4-8(5-3-7)6-12-10(9)11/h2-5,10H,6,9H2,1H3. The van der Waals surface area contributed by atoms with Crippen LogP contribution in [0.5, 0.6) is 0 Å². The molecule has 1 aromatic rings. The second kappa shape index (κ2) is 4.18. The molecular formula is C8H12N2O2. The summed E-state index contributed by atoms with van der Waals surface area (Å²) >= 11 is 0. The molecule has 0 aliphatic heterocycles. The largest absolute Gasteiger partial charge is 0.580 e. The van der Waals surface area contributed by atoms with Gasteiger partial charge in [0.1, 0.15) is 6.61 Å². The van der Waals surface area contributed by atoms with Crippen molar-refractivity contribution in [1.82, 2.24) is 0 Å². The third-order valence-electron chi connectivity index (χ3n) is 1.50. The summed E-state index contributed by atoms with van der Waals surface area (Å²) in [5.41, 5.74) is 2.12. The summed E-state index contributed by atoms with van der Waals surface area (Å²) in [5, 5.41) is 9.50. The normalized spacial score (nSPS) is 12.9.